The zero-order valence-electron chi connectivity index (χ0n) is 14.4. The lowest BCUT2D eigenvalue weighted by Crippen LogP contribution is -2.49. The van der Waals surface area contributed by atoms with Crippen LogP contribution in [0, 0.1) is 5.82 Å². The van der Waals surface area contributed by atoms with Crippen LogP contribution in [-0.4, -0.2) is 49.5 Å². The molecule has 0 aliphatic carbocycles. The first-order valence-corrected chi connectivity index (χ1v) is 9.94. The molecule has 2 aliphatic heterocycles. The summed E-state index contributed by atoms with van der Waals surface area (Å²) >= 11 is 0. The second-order valence-corrected chi connectivity index (χ2v) is 8.49. The molecule has 2 aliphatic rings. The third-order valence-electron chi connectivity index (χ3n) is 4.73. The van der Waals surface area contributed by atoms with E-state index in [1.807, 2.05) is 0 Å². The lowest BCUT2D eigenvalue weighted by molar-refractivity contribution is -0.149. The minimum Gasteiger partial charge on any atom is -0.450 e. The Morgan fingerprint density at radius 3 is 2.54 bits per heavy atom. The van der Waals surface area contributed by atoms with Crippen molar-refractivity contribution in [2.45, 2.75) is 25.4 Å². The van der Waals surface area contributed by atoms with Crippen LogP contribution >= 0.6 is 0 Å². The summed E-state index contributed by atoms with van der Waals surface area (Å²) in [4.78, 5) is 24.9. The van der Waals surface area contributed by atoms with Gasteiger partial charge in [0.2, 0.25) is 10.0 Å². The summed E-state index contributed by atoms with van der Waals surface area (Å²) in [6.07, 6.45) is 1.49. The van der Waals surface area contributed by atoms with E-state index >= 15 is 0 Å². The molecule has 9 heteroatoms. The monoisotopic (exact) mass is 382 g/mol. The number of hydrogen-bond donors (Lipinski definition) is 1. The number of esters is 1. The minimum absolute atomic E-state index is 0.149. The van der Waals surface area contributed by atoms with Crippen LogP contribution < -0.4 is 5.32 Å². The fraction of sp³-hybridized carbons (Fsp3) is 0.412. The molecular weight excluding hydrogens is 363 g/mol. The SMILES string of the molecule is CC1=C(C(=O)Nc2cccc(F)c2)C2(CCN(S(C)(=O)=O)CC2)OC1=O. The van der Waals surface area contributed by atoms with Crippen LogP contribution in [0.2, 0.25) is 0 Å². The average molecular weight is 382 g/mol. The van der Waals surface area contributed by atoms with Gasteiger partial charge in [0.05, 0.1) is 11.8 Å². The van der Waals surface area contributed by atoms with E-state index in [0.29, 0.717) is 0 Å². The highest BCUT2D eigenvalue weighted by Crippen LogP contribution is 2.41. The van der Waals surface area contributed by atoms with Crippen molar-refractivity contribution in [2.75, 3.05) is 24.7 Å². The molecule has 1 spiro atoms. The van der Waals surface area contributed by atoms with Crippen LogP contribution in [0.5, 0.6) is 0 Å². The van der Waals surface area contributed by atoms with Gasteiger partial charge in [0.15, 0.2) is 0 Å². The van der Waals surface area contributed by atoms with Gasteiger partial charge in [-0.1, -0.05) is 6.07 Å². The van der Waals surface area contributed by atoms with Crippen molar-refractivity contribution in [1.82, 2.24) is 4.31 Å². The largest absolute Gasteiger partial charge is 0.450 e. The molecule has 0 aromatic heterocycles. The van der Waals surface area contributed by atoms with E-state index in [2.05, 4.69) is 5.32 Å². The molecular formula is C17H19FN2O5S. The molecule has 0 saturated carbocycles. The molecule has 1 aromatic carbocycles. The van der Waals surface area contributed by atoms with Crippen molar-refractivity contribution >= 4 is 27.6 Å². The van der Waals surface area contributed by atoms with Crippen molar-refractivity contribution in [3.63, 3.8) is 0 Å². The molecule has 140 valence electrons. The standard InChI is InChI=1S/C17H19FN2O5S/c1-11-14(15(21)19-13-5-3-4-12(18)10-13)17(25-16(11)22)6-8-20(9-7-17)26(2,23)24/h3-5,10H,6-9H2,1-2H3,(H,19,21). The van der Waals surface area contributed by atoms with E-state index < -0.39 is 33.3 Å². The topological polar surface area (TPSA) is 92.8 Å². The third-order valence-corrected chi connectivity index (χ3v) is 6.04. The Bertz CT molecular complexity index is 901. The molecule has 1 N–H and O–H groups in total. The molecule has 2 heterocycles. The number of ether oxygens (including phenoxy) is 1. The number of anilines is 1. The van der Waals surface area contributed by atoms with E-state index in [1.165, 1.54) is 35.5 Å². The molecule has 1 aromatic rings. The highest BCUT2D eigenvalue weighted by atomic mass is 32.2. The number of nitrogens with one attached hydrogen (secondary N) is 1. The lowest BCUT2D eigenvalue weighted by Gasteiger charge is -2.38. The van der Waals surface area contributed by atoms with Crippen LogP contribution in [-0.2, 0) is 24.3 Å². The Labute approximate surface area is 150 Å². The van der Waals surface area contributed by atoms with Crippen molar-refractivity contribution in [2.24, 2.45) is 0 Å². The van der Waals surface area contributed by atoms with Crippen LogP contribution in [0.4, 0.5) is 10.1 Å². The highest BCUT2D eigenvalue weighted by Gasteiger charge is 2.51. The summed E-state index contributed by atoms with van der Waals surface area (Å²) in [6.45, 7) is 1.80. The molecule has 1 amide bonds. The smallest absolute Gasteiger partial charge is 0.335 e. The molecule has 7 nitrogen and oxygen atoms in total. The van der Waals surface area contributed by atoms with Gasteiger partial charge < -0.3 is 10.1 Å². The summed E-state index contributed by atoms with van der Waals surface area (Å²) < 4.78 is 43.5. The molecule has 3 rings (SSSR count). The quantitative estimate of drug-likeness (QED) is 0.799. The fourth-order valence-corrected chi connectivity index (χ4v) is 4.26. The summed E-state index contributed by atoms with van der Waals surface area (Å²) in [6, 6.07) is 5.42. The van der Waals surface area contributed by atoms with Crippen LogP contribution in [0.25, 0.3) is 0 Å². The summed E-state index contributed by atoms with van der Waals surface area (Å²) in [7, 11) is -3.36. The zero-order valence-corrected chi connectivity index (χ0v) is 15.2. The normalized spacial score (nSPS) is 20.3. The molecule has 1 saturated heterocycles. The van der Waals surface area contributed by atoms with E-state index in [-0.39, 0.29) is 42.8 Å². The Balaban J connectivity index is 1.86. The average Bonchev–Trinajstić information content (AvgIpc) is 2.77. The van der Waals surface area contributed by atoms with Crippen molar-refractivity contribution in [3.05, 3.63) is 41.2 Å². The Kier molecular flexibility index (Phi) is 4.61. The molecule has 26 heavy (non-hydrogen) atoms. The highest BCUT2D eigenvalue weighted by molar-refractivity contribution is 7.88. The maximum absolute atomic E-state index is 13.3. The van der Waals surface area contributed by atoms with Gasteiger partial charge in [0, 0.05) is 37.2 Å². The minimum atomic E-state index is -3.36. The number of carbonyl (C=O) groups is 2. The predicted molar refractivity (Wildman–Crippen MR) is 92.2 cm³/mol. The lowest BCUT2D eigenvalue weighted by atomic mass is 9.83. The second-order valence-electron chi connectivity index (χ2n) is 6.51. The molecule has 0 bridgehead atoms. The maximum atomic E-state index is 13.3. The van der Waals surface area contributed by atoms with Gasteiger partial charge in [0.1, 0.15) is 11.4 Å². The molecule has 0 radical (unpaired) electrons. The number of hydrogen-bond acceptors (Lipinski definition) is 5. The van der Waals surface area contributed by atoms with E-state index in [9.17, 15) is 22.4 Å². The van der Waals surface area contributed by atoms with Gasteiger partial charge in [-0.3, -0.25) is 4.79 Å². The summed E-state index contributed by atoms with van der Waals surface area (Å²) in [5.74, 6) is -1.64. The number of amides is 1. The number of benzene rings is 1. The molecule has 1 fully saturated rings. The number of carbonyl (C=O) groups excluding carboxylic acids is 2. The summed E-state index contributed by atoms with van der Waals surface area (Å²) in [5, 5.41) is 2.59. The fourth-order valence-electron chi connectivity index (χ4n) is 3.42. The van der Waals surface area contributed by atoms with Crippen LogP contribution in [0.3, 0.4) is 0 Å². The van der Waals surface area contributed by atoms with Crippen LogP contribution in [0.1, 0.15) is 19.8 Å². The Morgan fingerprint density at radius 2 is 1.96 bits per heavy atom. The zero-order chi connectivity index (χ0) is 19.1. The van der Waals surface area contributed by atoms with Gasteiger partial charge in [-0.2, -0.15) is 0 Å². The van der Waals surface area contributed by atoms with Gasteiger partial charge in [-0.25, -0.2) is 21.9 Å². The number of rotatable bonds is 3. The van der Waals surface area contributed by atoms with Gasteiger partial charge in [-0.05, 0) is 25.1 Å². The van der Waals surface area contributed by atoms with E-state index in [4.69, 9.17) is 4.74 Å². The number of halogens is 1. The first-order valence-electron chi connectivity index (χ1n) is 8.09. The maximum Gasteiger partial charge on any atom is 0.335 e. The number of sulfonamides is 1. The Hall–Kier alpha value is -2.26. The summed E-state index contributed by atoms with van der Waals surface area (Å²) in [5.41, 5.74) is -0.523. The number of piperidine rings is 1. The first kappa shape index (κ1) is 18.5. The van der Waals surface area contributed by atoms with Crippen molar-refractivity contribution in [1.29, 1.82) is 0 Å². The number of nitrogens with zero attached hydrogens (tertiary/aromatic N) is 1. The third kappa shape index (κ3) is 3.36. The van der Waals surface area contributed by atoms with E-state index in [1.54, 1.807) is 0 Å². The van der Waals surface area contributed by atoms with Gasteiger partial charge in [0.25, 0.3) is 5.91 Å². The van der Waals surface area contributed by atoms with Crippen LogP contribution in [0.15, 0.2) is 35.4 Å². The van der Waals surface area contributed by atoms with Crippen molar-refractivity contribution in [3.8, 4) is 0 Å². The van der Waals surface area contributed by atoms with Gasteiger partial charge in [-0.15, -0.1) is 0 Å². The molecule has 0 atom stereocenters. The first-order chi connectivity index (χ1) is 12.1. The second kappa shape index (κ2) is 6.48. The van der Waals surface area contributed by atoms with E-state index in [0.717, 1.165) is 6.26 Å². The van der Waals surface area contributed by atoms with Crippen molar-refractivity contribution < 1.29 is 27.1 Å². The van der Waals surface area contributed by atoms with Gasteiger partial charge >= 0.3 is 5.97 Å². The predicted octanol–water partition coefficient (Wildman–Crippen LogP) is 1.43. The molecule has 0 unspecified atom stereocenters. The Morgan fingerprint density at radius 1 is 1.31 bits per heavy atom.